The molecule has 2 N–H and O–H groups in total. The molecule has 1 aliphatic carbocycles. The lowest BCUT2D eigenvalue weighted by Crippen LogP contribution is -2.44. The smallest absolute Gasteiger partial charge is 0.0218 e. The number of hydrogen-bond acceptors (Lipinski definition) is 2. The predicted molar refractivity (Wildman–Crippen MR) is 76.2 cm³/mol. The van der Waals surface area contributed by atoms with Crippen LogP contribution in [0.2, 0.25) is 0 Å². The summed E-state index contributed by atoms with van der Waals surface area (Å²) in [5, 5.41) is 0. The lowest BCUT2D eigenvalue weighted by Gasteiger charge is -2.34. The SMILES string of the molecule is CCCCCC(CN)N(C)C1CCCCCC1. The Bertz CT molecular complexity index is 174. The molecule has 17 heavy (non-hydrogen) atoms. The van der Waals surface area contributed by atoms with E-state index in [9.17, 15) is 0 Å². The summed E-state index contributed by atoms with van der Waals surface area (Å²) in [6.45, 7) is 3.10. The van der Waals surface area contributed by atoms with Crippen LogP contribution < -0.4 is 5.73 Å². The van der Waals surface area contributed by atoms with Gasteiger partial charge in [0.25, 0.3) is 0 Å². The topological polar surface area (TPSA) is 29.3 Å². The Hall–Kier alpha value is -0.0800. The Labute approximate surface area is 108 Å². The van der Waals surface area contributed by atoms with Crippen LogP contribution in [0.5, 0.6) is 0 Å². The molecule has 0 spiro atoms. The van der Waals surface area contributed by atoms with E-state index in [1.165, 1.54) is 64.2 Å². The van der Waals surface area contributed by atoms with Crippen molar-refractivity contribution < 1.29 is 0 Å². The lowest BCUT2D eigenvalue weighted by molar-refractivity contribution is 0.151. The predicted octanol–water partition coefficient (Wildman–Crippen LogP) is 3.55. The molecule has 1 atom stereocenters. The van der Waals surface area contributed by atoms with Crippen LogP contribution in [-0.2, 0) is 0 Å². The molecule has 0 heterocycles. The van der Waals surface area contributed by atoms with Crippen molar-refractivity contribution in [3.05, 3.63) is 0 Å². The third-order valence-corrected chi connectivity index (χ3v) is 4.39. The molecule has 0 radical (unpaired) electrons. The molecule has 1 aliphatic rings. The summed E-state index contributed by atoms with van der Waals surface area (Å²) >= 11 is 0. The molecular formula is C15H32N2. The number of nitrogens with two attached hydrogens (primary N) is 1. The summed E-state index contributed by atoms with van der Waals surface area (Å²) in [5.74, 6) is 0. The maximum atomic E-state index is 5.96. The Kier molecular flexibility index (Phi) is 7.87. The third-order valence-electron chi connectivity index (χ3n) is 4.39. The van der Waals surface area contributed by atoms with E-state index in [4.69, 9.17) is 5.73 Å². The molecule has 0 aromatic rings. The van der Waals surface area contributed by atoms with E-state index in [1.54, 1.807) is 0 Å². The van der Waals surface area contributed by atoms with Gasteiger partial charge in [-0.3, -0.25) is 4.90 Å². The molecule has 0 aromatic carbocycles. The summed E-state index contributed by atoms with van der Waals surface area (Å²) in [6.07, 6.45) is 13.8. The van der Waals surface area contributed by atoms with Crippen LogP contribution in [0.4, 0.5) is 0 Å². The van der Waals surface area contributed by atoms with Crippen molar-refractivity contribution in [3.63, 3.8) is 0 Å². The highest BCUT2D eigenvalue weighted by molar-refractivity contribution is 4.79. The molecule has 0 saturated heterocycles. The molecule has 0 amide bonds. The highest BCUT2D eigenvalue weighted by Gasteiger charge is 2.22. The molecule has 1 fully saturated rings. The van der Waals surface area contributed by atoms with Gasteiger partial charge < -0.3 is 5.73 Å². The van der Waals surface area contributed by atoms with E-state index < -0.39 is 0 Å². The van der Waals surface area contributed by atoms with Gasteiger partial charge in [-0.1, -0.05) is 51.9 Å². The van der Waals surface area contributed by atoms with Crippen LogP contribution in [0.25, 0.3) is 0 Å². The zero-order valence-corrected chi connectivity index (χ0v) is 12.0. The molecule has 1 rings (SSSR count). The number of rotatable bonds is 7. The molecule has 2 nitrogen and oxygen atoms in total. The van der Waals surface area contributed by atoms with Gasteiger partial charge in [0.2, 0.25) is 0 Å². The van der Waals surface area contributed by atoms with Gasteiger partial charge in [-0.2, -0.15) is 0 Å². The first-order chi connectivity index (χ1) is 8.29. The van der Waals surface area contributed by atoms with Gasteiger partial charge in [0.05, 0.1) is 0 Å². The minimum atomic E-state index is 0.615. The molecule has 1 unspecified atom stereocenters. The highest BCUT2D eigenvalue weighted by Crippen LogP contribution is 2.23. The molecule has 102 valence electrons. The van der Waals surface area contributed by atoms with Gasteiger partial charge in [-0.15, -0.1) is 0 Å². The Morgan fingerprint density at radius 1 is 1.12 bits per heavy atom. The normalized spacial score (nSPS) is 20.5. The van der Waals surface area contributed by atoms with E-state index in [2.05, 4.69) is 18.9 Å². The van der Waals surface area contributed by atoms with E-state index in [0.717, 1.165) is 12.6 Å². The van der Waals surface area contributed by atoms with E-state index in [-0.39, 0.29) is 0 Å². The highest BCUT2D eigenvalue weighted by atomic mass is 15.2. The maximum Gasteiger partial charge on any atom is 0.0218 e. The Morgan fingerprint density at radius 2 is 1.76 bits per heavy atom. The minimum Gasteiger partial charge on any atom is -0.329 e. The standard InChI is InChI=1S/C15H32N2/c1-3-4-7-12-15(13-16)17(2)14-10-8-5-6-9-11-14/h14-15H,3-13,16H2,1-2H3. The summed E-state index contributed by atoms with van der Waals surface area (Å²) in [5.41, 5.74) is 5.96. The number of hydrogen-bond donors (Lipinski definition) is 1. The van der Waals surface area contributed by atoms with E-state index >= 15 is 0 Å². The lowest BCUT2D eigenvalue weighted by atomic mass is 10.0. The van der Waals surface area contributed by atoms with Crippen molar-refractivity contribution >= 4 is 0 Å². The van der Waals surface area contributed by atoms with Crippen molar-refractivity contribution in [1.29, 1.82) is 0 Å². The van der Waals surface area contributed by atoms with Crippen molar-refractivity contribution in [2.45, 2.75) is 83.2 Å². The van der Waals surface area contributed by atoms with Crippen molar-refractivity contribution in [2.75, 3.05) is 13.6 Å². The van der Waals surface area contributed by atoms with Gasteiger partial charge in [0.15, 0.2) is 0 Å². The van der Waals surface area contributed by atoms with Gasteiger partial charge >= 0.3 is 0 Å². The van der Waals surface area contributed by atoms with Gasteiger partial charge in [-0.25, -0.2) is 0 Å². The van der Waals surface area contributed by atoms with Crippen LogP contribution >= 0.6 is 0 Å². The molecular weight excluding hydrogens is 208 g/mol. The second-order valence-electron chi connectivity index (χ2n) is 5.70. The molecule has 1 saturated carbocycles. The van der Waals surface area contributed by atoms with E-state index in [0.29, 0.717) is 6.04 Å². The summed E-state index contributed by atoms with van der Waals surface area (Å²) in [6, 6.07) is 1.41. The first-order valence-corrected chi connectivity index (χ1v) is 7.71. The van der Waals surface area contributed by atoms with Crippen molar-refractivity contribution in [3.8, 4) is 0 Å². The number of unbranched alkanes of at least 4 members (excludes halogenated alkanes) is 2. The van der Waals surface area contributed by atoms with Crippen LogP contribution in [0.15, 0.2) is 0 Å². The fraction of sp³-hybridized carbons (Fsp3) is 1.00. The molecule has 0 aromatic heterocycles. The Balaban J connectivity index is 2.36. The average Bonchev–Trinajstić information content (AvgIpc) is 2.63. The first kappa shape index (κ1) is 15.0. The summed E-state index contributed by atoms with van der Waals surface area (Å²) in [4.78, 5) is 2.60. The van der Waals surface area contributed by atoms with Gasteiger partial charge in [0.1, 0.15) is 0 Å². The van der Waals surface area contributed by atoms with E-state index in [1.807, 2.05) is 0 Å². The first-order valence-electron chi connectivity index (χ1n) is 7.71. The zero-order valence-electron chi connectivity index (χ0n) is 12.0. The fourth-order valence-corrected chi connectivity index (χ4v) is 3.08. The number of likely N-dealkylation sites (N-methyl/N-ethyl adjacent to an activating group) is 1. The summed E-state index contributed by atoms with van der Waals surface area (Å²) in [7, 11) is 2.31. The van der Waals surface area contributed by atoms with Crippen LogP contribution in [0, 0.1) is 0 Å². The molecule has 0 aliphatic heterocycles. The molecule has 0 bridgehead atoms. The average molecular weight is 240 g/mol. The quantitative estimate of drug-likeness (QED) is 0.545. The monoisotopic (exact) mass is 240 g/mol. The fourth-order valence-electron chi connectivity index (χ4n) is 3.08. The van der Waals surface area contributed by atoms with Crippen LogP contribution in [-0.4, -0.2) is 30.6 Å². The zero-order chi connectivity index (χ0) is 12.5. The second kappa shape index (κ2) is 8.93. The van der Waals surface area contributed by atoms with Crippen LogP contribution in [0.3, 0.4) is 0 Å². The molecule has 2 heteroatoms. The largest absolute Gasteiger partial charge is 0.329 e. The number of nitrogens with zero attached hydrogens (tertiary/aromatic N) is 1. The third kappa shape index (κ3) is 5.39. The van der Waals surface area contributed by atoms with Gasteiger partial charge in [-0.05, 0) is 26.3 Å². The van der Waals surface area contributed by atoms with Crippen molar-refractivity contribution in [1.82, 2.24) is 4.90 Å². The maximum absolute atomic E-state index is 5.96. The minimum absolute atomic E-state index is 0.615. The second-order valence-corrected chi connectivity index (χ2v) is 5.70. The van der Waals surface area contributed by atoms with Gasteiger partial charge in [0, 0.05) is 18.6 Å². The van der Waals surface area contributed by atoms with Crippen LogP contribution in [0.1, 0.15) is 71.1 Å². The van der Waals surface area contributed by atoms with Crippen molar-refractivity contribution in [2.24, 2.45) is 5.73 Å². The summed E-state index contributed by atoms with van der Waals surface area (Å²) < 4.78 is 0. The Morgan fingerprint density at radius 3 is 2.29 bits per heavy atom.